The minimum absolute atomic E-state index is 0.0604. The molecule has 2 atom stereocenters. The topological polar surface area (TPSA) is 43.2 Å². The largest absolute Gasteiger partial charge is 0.483 e. The molecule has 0 saturated carbocycles. The van der Waals surface area contributed by atoms with Crippen molar-refractivity contribution >= 4 is 11.8 Å². The summed E-state index contributed by atoms with van der Waals surface area (Å²) >= 11 is 0. The van der Waals surface area contributed by atoms with Crippen molar-refractivity contribution in [3.05, 3.63) is 23.8 Å². The first kappa shape index (κ1) is 15.8. The summed E-state index contributed by atoms with van der Waals surface area (Å²) in [6.07, 6.45) is 4.88. The van der Waals surface area contributed by atoms with Crippen molar-refractivity contribution in [1.82, 2.24) is 0 Å². The zero-order valence-corrected chi connectivity index (χ0v) is 13.8. The standard InChI is InChI=1S/C17H26N2O2/c1-11(2)13-8-7-9-17(10-13)16(21-6)18-14(12(3)4)15(19-17)20-5/h8,12,14H,1,7,9-10H2,2-6H3/t14-,17-/m1/s1. The number of hydrogen-bond donors (Lipinski definition) is 0. The Balaban J connectivity index is 2.43. The molecule has 4 nitrogen and oxygen atoms in total. The summed E-state index contributed by atoms with van der Waals surface area (Å²) in [7, 11) is 3.36. The minimum atomic E-state index is -0.422. The normalized spacial score (nSPS) is 28.9. The summed E-state index contributed by atoms with van der Waals surface area (Å²) in [6.45, 7) is 10.3. The highest BCUT2D eigenvalue weighted by molar-refractivity contribution is 5.97. The number of hydrogen-bond acceptors (Lipinski definition) is 4. The fourth-order valence-corrected chi connectivity index (χ4v) is 3.03. The highest BCUT2D eigenvalue weighted by Crippen LogP contribution is 2.39. The SMILES string of the molecule is C=C(C)C1=CCC[C@]2(C1)N=C(OC)[C@@H](C(C)C)N=C2OC. The molecule has 2 rings (SSSR count). The van der Waals surface area contributed by atoms with Gasteiger partial charge in [0.25, 0.3) is 0 Å². The van der Waals surface area contributed by atoms with Crippen LogP contribution in [0.2, 0.25) is 0 Å². The second kappa shape index (κ2) is 6.04. The van der Waals surface area contributed by atoms with E-state index in [9.17, 15) is 0 Å². The van der Waals surface area contributed by atoms with Gasteiger partial charge < -0.3 is 9.47 Å². The molecule has 0 aromatic rings. The Morgan fingerprint density at radius 2 is 2.10 bits per heavy atom. The fourth-order valence-electron chi connectivity index (χ4n) is 3.03. The summed E-state index contributed by atoms with van der Waals surface area (Å²) in [5.74, 6) is 1.77. The van der Waals surface area contributed by atoms with Gasteiger partial charge in [-0.1, -0.05) is 32.1 Å². The van der Waals surface area contributed by atoms with Gasteiger partial charge in [0.1, 0.15) is 11.6 Å². The van der Waals surface area contributed by atoms with Gasteiger partial charge in [0.15, 0.2) is 0 Å². The van der Waals surface area contributed by atoms with E-state index in [2.05, 4.69) is 26.5 Å². The molecule has 0 bridgehead atoms. The van der Waals surface area contributed by atoms with Gasteiger partial charge in [-0.2, -0.15) is 0 Å². The third kappa shape index (κ3) is 2.89. The number of rotatable bonds is 2. The van der Waals surface area contributed by atoms with Crippen LogP contribution in [-0.4, -0.2) is 37.6 Å². The first-order chi connectivity index (χ1) is 9.93. The van der Waals surface area contributed by atoms with E-state index in [4.69, 9.17) is 19.5 Å². The van der Waals surface area contributed by atoms with Crippen LogP contribution in [0, 0.1) is 5.92 Å². The molecule has 0 fully saturated rings. The summed E-state index contributed by atoms with van der Waals surface area (Å²) in [5, 5.41) is 0. The van der Waals surface area contributed by atoms with Crippen molar-refractivity contribution in [1.29, 1.82) is 0 Å². The van der Waals surface area contributed by atoms with E-state index in [1.54, 1.807) is 14.2 Å². The Morgan fingerprint density at radius 3 is 2.62 bits per heavy atom. The van der Waals surface area contributed by atoms with E-state index in [0.29, 0.717) is 11.8 Å². The van der Waals surface area contributed by atoms with Crippen LogP contribution in [0.4, 0.5) is 0 Å². The molecular weight excluding hydrogens is 264 g/mol. The number of nitrogens with zero attached hydrogens (tertiary/aromatic N) is 2. The lowest BCUT2D eigenvalue weighted by Crippen LogP contribution is -2.47. The van der Waals surface area contributed by atoms with E-state index in [-0.39, 0.29) is 6.04 Å². The molecular formula is C17H26N2O2. The summed E-state index contributed by atoms with van der Waals surface area (Å²) < 4.78 is 11.1. The van der Waals surface area contributed by atoms with Gasteiger partial charge in [-0.15, -0.1) is 0 Å². The molecule has 0 aromatic carbocycles. The Labute approximate surface area is 127 Å². The number of ether oxygens (including phenoxy) is 2. The summed E-state index contributed by atoms with van der Waals surface area (Å²) in [5.41, 5.74) is 1.91. The maximum absolute atomic E-state index is 5.62. The molecule has 2 aliphatic rings. The quantitative estimate of drug-likeness (QED) is 0.780. The van der Waals surface area contributed by atoms with Crippen LogP contribution < -0.4 is 0 Å². The molecule has 1 aliphatic heterocycles. The van der Waals surface area contributed by atoms with E-state index in [1.165, 1.54) is 5.57 Å². The van der Waals surface area contributed by atoms with E-state index in [0.717, 1.165) is 30.7 Å². The molecule has 1 aliphatic carbocycles. The Bertz CT molecular complexity index is 517. The molecule has 0 aromatic heterocycles. The van der Waals surface area contributed by atoms with E-state index >= 15 is 0 Å². The van der Waals surface area contributed by atoms with Crippen molar-refractivity contribution in [2.45, 2.75) is 51.6 Å². The van der Waals surface area contributed by atoms with Crippen molar-refractivity contribution in [2.24, 2.45) is 15.9 Å². The molecule has 0 radical (unpaired) electrons. The van der Waals surface area contributed by atoms with Gasteiger partial charge in [-0.05, 0) is 31.3 Å². The van der Waals surface area contributed by atoms with Gasteiger partial charge in [0.05, 0.1) is 14.2 Å². The number of allylic oxidation sites excluding steroid dienone is 2. The number of aliphatic imine (C=N–C) groups is 2. The van der Waals surface area contributed by atoms with Crippen LogP contribution in [0.25, 0.3) is 0 Å². The zero-order chi connectivity index (χ0) is 15.6. The maximum atomic E-state index is 5.62. The van der Waals surface area contributed by atoms with Gasteiger partial charge in [0, 0.05) is 6.42 Å². The zero-order valence-electron chi connectivity index (χ0n) is 13.8. The predicted octanol–water partition coefficient (Wildman–Crippen LogP) is 3.54. The first-order valence-corrected chi connectivity index (χ1v) is 7.54. The van der Waals surface area contributed by atoms with Crippen molar-refractivity contribution in [3.63, 3.8) is 0 Å². The van der Waals surface area contributed by atoms with Crippen LogP contribution in [0.15, 0.2) is 33.8 Å². The van der Waals surface area contributed by atoms with Crippen LogP contribution in [-0.2, 0) is 9.47 Å². The number of methoxy groups -OCH3 is 2. The van der Waals surface area contributed by atoms with E-state index < -0.39 is 5.54 Å². The van der Waals surface area contributed by atoms with Crippen LogP contribution in [0.1, 0.15) is 40.0 Å². The second-order valence-electron chi connectivity index (χ2n) is 6.24. The predicted molar refractivity (Wildman–Crippen MR) is 87.0 cm³/mol. The molecule has 1 heterocycles. The van der Waals surface area contributed by atoms with Crippen LogP contribution in [0.3, 0.4) is 0 Å². The third-order valence-electron chi connectivity index (χ3n) is 4.25. The molecule has 0 N–H and O–H groups in total. The molecule has 0 saturated heterocycles. The Morgan fingerprint density at radius 1 is 1.38 bits per heavy atom. The Kier molecular flexibility index (Phi) is 4.55. The van der Waals surface area contributed by atoms with Gasteiger partial charge in [-0.25, -0.2) is 9.98 Å². The summed E-state index contributed by atoms with van der Waals surface area (Å²) in [6, 6.07) is -0.0604. The van der Waals surface area contributed by atoms with Crippen LogP contribution in [0.5, 0.6) is 0 Å². The molecule has 0 amide bonds. The molecule has 21 heavy (non-hydrogen) atoms. The Hall–Kier alpha value is -1.58. The minimum Gasteiger partial charge on any atom is -0.483 e. The average Bonchev–Trinajstić information content (AvgIpc) is 2.46. The lowest BCUT2D eigenvalue weighted by atomic mass is 9.78. The lowest BCUT2D eigenvalue weighted by molar-refractivity contribution is 0.293. The highest BCUT2D eigenvalue weighted by atomic mass is 16.5. The third-order valence-corrected chi connectivity index (χ3v) is 4.25. The van der Waals surface area contributed by atoms with Crippen molar-refractivity contribution < 1.29 is 9.47 Å². The van der Waals surface area contributed by atoms with Gasteiger partial charge in [-0.3, -0.25) is 0 Å². The fraction of sp³-hybridized carbons (Fsp3) is 0.647. The van der Waals surface area contributed by atoms with Crippen molar-refractivity contribution in [2.75, 3.05) is 14.2 Å². The van der Waals surface area contributed by atoms with Gasteiger partial charge in [0.2, 0.25) is 11.8 Å². The van der Waals surface area contributed by atoms with Crippen LogP contribution >= 0.6 is 0 Å². The highest BCUT2D eigenvalue weighted by Gasteiger charge is 2.44. The first-order valence-electron chi connectivity index (χ1n) is 7.54. The second-order valence-corrected chi connectivity index (χ2v) is 6.24. The summed E-state index contributed by atoms with van der Waals surface area (Å²) in [4.78, 5) is 9.74. The van der Waals surface area contributed by atoms with Gasteiger partial charge >= 0.3 is 0 Å². The monoisotopic (exact) mass is 290 g/mol. The van der Waals surface area contributed by atoms with E-state index in [1.807, 2.05) is 6.92 Å². The molecule has 4 heteroatoms. The maximum Gasteiger partial charge on any atom is 0.213 e. The average molecular weight is 290 g/mol. The molecule has 116 valence electrons. The smallest absolute Gasteiger partial charge is 0.213 e. The molecule has 1 spiro atoms. The lowest BCUT2D eigenvalue weighted by Gasteiger charge is -2.38. The van der Waals surface area contributed by atoms with Crippen molar-refractivity contribution in [3.8, 4) is 0 Å². The molecule has 0 unspecified atom stereocenters.